The van der Waals surface area contributed by atoms with Gasteiger partial charge in [-0.3, -0.25) is 9.59 Å². The van der Waals surface area contributed by atoms with Gasteiger partial charge in [0.2, 0.25) is 11.8 Å². The molecule has 2 fully saturated rings. The number of nitrogens with two attached hydrogens (primary N) is 1. The minimum absolute atomic E-state index is 0.0122. The van der Waals surface area contributed by atoms with Crippen LogP contribution in [0.1, 0.15) is 32.1 Å². The van der Waals surface area contributed by atoms with E-state index in [4.69, 9.17) is 5.73 Å². The number of fused-ring (bicyclic) bond motifs is 2. The SMILES string of the molecule is CN(CC(=O)Nc1cccc(F)c1)C(=O)C1CC2CCCC(C1)C2N. The minimum atomic E-state index is -0.410. The van der Waals surface area contributed by atoms with E-state index < -0.39 is 5.82 Å². The number of hydrogen-bond acceptors (Lipinski definition) is 3. The van der Waals surface area contributed by atoms with Gasteiger partial charge in [-0.05, 0) is 55.7 Å². The summed E-state index contributed by atoms with van der Waals surface area (Å²) in [5.74, 6) is 0.0914. The van der Waals surface area contributed by atoms with Gasteiger partial charge in [0.05, 0.1) is 6.54 Å². The van der Waals surface area contributed by atoms with Crippen molar-refractivity contribution in [2.45, 2.75) is 38.1 Å². The smallest absolute Gasteiger partial charge is 0.243 e. The molecule has 2 bridgehead atoms. The Kier molecular flexibility index (Phi) is 5.37. The van der Waals surface area contributed by atoms with Crippen molar-refractivity contribution in [3.8, 4) is 0 Å². The van der Waals surface area contributed by atoms with Gasteiger partial charge in [-0.25, -0.2) is 4.39 Å². The fraction of sp³-hybridized carbons (Fsp3) is 0.579. The van der Waals surface area contributed by atoms with Gasteiger partial charge in [-0.2, -0.15) is 0 Å². The first-order valence-corrected chi connectivity index (χ1v) is 9.00. The lowest BCUT2D eigenvalue weighted by atomic mass is 9.65. The van der Waals surface area contributed by atoms with E-state index in [1.807, 2.05) is 0 Å². The summed E-state index contributed by atoms with van der Waals surface area (Å²) < 4.78 is 13.2. The van der Waals surface area contributed by atoms with Crippen LogP contribution in [0.5, 0.6) is 0 Å². The number of nitrogens with one attached hydrogen (secondary N) is 1. The van der Waals surface area contributed by atoms with Crippen LogP contribution in [0.3, 0.4) is 0 Å². The van der Waals surface area contributed by atoms with Gasteiger partial charge in [-0.1, -0.05) is 12.5 Å². The van der Waals surface area contributed by atoms with Crippen LogP contribution in [0, 0.1) is 23.6 Å². The summed E-state index contributed by atoms with van der Waals surface area (Å²) in [6.45, 7) is -0.0345. The normalized spacial score (nSPS) is 28.3. The highest BCUT2D eigenvalue weighted by molar-refractivity contribution is 5.94. The highest BCUT2D eigenvalue weighted by Gasteiger charge is 2.41. The Hall–Kier alpha value is -1.95. The number of anilines is 1. The molecule has 2 aliphatic carbocycles. The Labute approximate surface area is 147 Å². The van der Waals surface area contributed by atoms with Gasteiger partial charge in [0.1, 0.15) is 5.82 Å². The third-order valence-electron chi connectivity index (χ3n) is 5.63. The molecule has 25 heavy (non-hydrogen) atoms. The van der Waals surface area contributed by atoms with Crippen LogP contribution in [0.15, 0.2) is 24.3 Å². The molecule has 2 aliphatic rings. The maximum Gasteiger partial charge on any atom is 0.243 e. The fourth-order valence-electron chi connectivity index (χ4n) is 4.36. The first kappa shape index (κ1) is 17.9. The summed E-state index contributed by atoms with van der Waals surface area (Å²) in [5, 5.41) is 2.63. The van der Waals surface area contributed by atoms with Gasteiger partial charge in [0.25, 0.3) is 0 Å². The number of hydrogen-bond donors (Lipinski definition) is 2. The van der Waals surface area contributed by atoms with Crippen molar-refractivity contribution in [3.63, 3.8) is 0 Å². The average Bonchev–Trinajstić information content (AvgIpc) is 2.53. The lowest BCUT2D eigenvalue weighted by molar-refractivity contribution is -0.139. The van der Waals surface area contributed by atoms with Crippen molar-refractivity contribution in [2.24, 2.45) is 23.5 Å². The highest BCUT2D eigenvalue weighted by Crippen LogP contribution is 2.42. The summed E-state index contributed by atoms with van der Waals surface area (Å²) in [6.07, 6.45) is 5.06. The molecule has 2 atom stereocenters. The average molecular weight is 347 g/mol. The lowest BCUT2D eigenvalue weighted by Crippen LogP contribution is -2.49. The summed E-state index contributed by atoms with van der Waals surface area (Å²) >= 11 is 0. The molecule has 3 N–H and O–H groups in total. The van der Waals surface area contributed by atoms with E-state index in [0.29, 0.717) is 17.5 Å². The van der Waals surface area contributed by atoms with Crippen molar-refractivity contribution in [1.82, 2.24) is 4.90 Å². The number of likely N-dealkylation sites (N-methyl/N-ethyl adjacent to an activating group) is 1. The molecule has 0 aliphatic heterocycles. The van der Waals surface area contributed by atoms with Crippen LogP contribution in [0.4, 0.5) is 10.1 Å². The molecule has 0 spiro atoms. The number of halogens is 1. The molecule has 6 heteroatoms. The van der Waals surface area contributed by atoms with Crippen LogP contribution >= 0.6 is 0 Å². The molecular formula is C19H26FN3O2. The molecule has 3 rings (SSSR count). The predicted molar refractivity (Wildman–Crippen MR) is 94.2 cm³/mol. The maximum atomic E-state index is 13.2. The Morgan fingerprint density at radius 3 is 2.60 bits per heavy atom. The van der Waals surface area contributed by atoms with Crippen molar-refractivity contribution in [2.75, 3.05) is 18.9 Å². The molecule has 0 aromatic heterocycles. The number of benzene rings is 1. The van der Waals surface area contributed by atoms with E-state index >= 15 is 0 Å². The number of amides is 2. The minimum Gasteiger partial charge on any atom is -0.336 e. The predicted octanol–water partition coefficient (Wildman–Crippen LogP) is 2.38. The van der Waals surface area contributed by atoms with Gasteiger partial charge in [0.15, 0.2) is 0 Å². The van der Waals surface area contributed by atoms with E-state index in [1.54, 1.807) is 13.1 Å². The van der Waals surface area contributed by atoms with E-state index in [-0.39, 0.29) is 30.3 Å². The molecule has 2 unspecified atom stereocenters. The number of rotatable bonds is 4. The molecule has 1 aromatic carbocycles. The van der Waals surface area contributed by atoms with Crippen molar-refractivity contribution >= 4 is 17.5 Å². The van der Waals surface area contributed by atoms with Gasteiger partial charge >= 0.3 is 0 Å². The van der Waals surface area contributed by atoms with Crippen molar-refractivity contribution in [3.05, 3.63) is 30.1 Å². The summed E-state index contributed by atoms with van der Waals surface area (Å²) in [5.41, 5.74) is 6.67. The Bertz CT molecular complexity index is 637. The Balaban J connectivity index is 1.54. The third kappa shape index (κ3) is 4.18. The van der Waals surface area contributed by atoms with Gasteiger partial charge in [-0.15, -0.1) is 0 Å². The summed E-state index contributed by atoms with van der Waals surface area (Å²) in [7, 11) is 1.65. The number of carbonyl (C=O) groups excluding carboxylic acids is 2. The molecule has 1 aromatic rings. The first-order valence-electron chi connectivity index (χ1n) is 9.00. The first-order chi connectivity index (χ1) is 11.9. The van der Waals surface area contributed by atoms with E-state index in [1.165, 1.54) is 29.5 Å². The van der Waals surface area contributed by atoms with Crippen molar-refractivity contribution in [1.29, 1.82) is 0 Å². The monoisotopic (exact) mass is 347 g/mol. The molecule has 0 radical (unpaired) electrons. The maximum absolute atomic E-state index is 13.2. The zero-order chi connectivity index (χ0) is 18.0. The Morgan fingerprint density at radius 1 is 1.28 bits per heavy atom. The van der Waals surface area contributed by atoms with Gasteiger partial charge < -0.3 is 16.0 Å². The van der Waals surface area contributed by atoms with Crippen LogP contribution in [0.25, 0.3) is 0 Å². The second kappa shape index (κ2) is 7.52. The standard InChI is InChI=1S/C19H26FN3O2/c1-23(11-17(24)22-16-7-3-6-15(20)10-16)19(25)14-8-12-4-2-5-13(9-14)18(12)21/h3,6-7,10,12-14,18H,2,4-5,8-9,11,21H2,1H3,(H,22,24). The molecule has 2 saturated carbocycles. The molecular weight excluding hydrogens is 321 g/mol. The topological polar surface area (TPSA) is 75.4 Å². The number of nitrogens with zero attached hydrogens (tertiary/aromatic N) is 1. The zero-order valence-corrected chi connectivity index (χ0v) is 14.6. The third-order valence-corrected chi connectivity index (χ3v) is 5.63. The molecule has 5 nitrogen and oxygen atoms in total. The summed E-state index contributed by atoms with van der Waals surface area (Å²) in [4.78, 5) is 26.3. The van der Waals surface area contributed by atoms with Gasteiger partial charge in [0, 0.05) is 24.7 Å². The highest BCUT2D eigenvalue weighted by atomic mass is 19.1. The lowest BCUT2D eigenvalue weighted by Gasteiger charge is -2.44. The largest absolute Gasteiger partial charge is 0.336 e. The number of carbonyl (C=O) groups is 2. The molecule has 136 valence electrons. The van der Waals surface area contributed by atoms with E-state index in [2.05, 4.69) is 5.32 Å². The Morgan fingerprint density at radius 2 is 1.96 bits per heavy atom. The molecule has 2 amide bonds. The molecule has 0 saturated heterocycles. The second-order valence-electron chi connectivity index (χ2n) is 7.45. The van der Waals surface area contributed by atoms with Crippen LogP contribution < -0.4 is 11.1 Å². The van der Waals surface area contributed by atoms with E-state index in [9.17, 15) is 14.0 Å². The summed E-state index contributed by atoms with van der Waals surface area (Å²) in [6, 6.07) is 5.94. The second-order valence-corrected chi connectivity index (χ2v) is 7.45. The van der Waals surface area contributed by atoms with Crippen molar-refractivity contribution < 1.29 is 14.0 Å². The van der Waals surface area contributed by atoms with Crippen LogP contribution in [-0.4, -0.2) is 36.3 Å². The zero-order valence-electron chi connectivity index (χ0n) is 14.6. The van der Waals surface area contributed by atoms with Crippen LogP contribution in [-0.2, 0) is 9.59 Å². The quantitative estimate of drug-likeness (QED) is 0.878. The molecule has 0 heterocycles. The fourth-order valence-corrected chi connectivity index (χ4v) is 4.36. The van der Waals surface area contributed by atoms with Crippen LogP contribution in [0.2, 0.25) is 0 Å². The van der Waals surface area contributed by atoms with E-state index in [0.717, 1.165) is 25.7 Å².